The van der Waals surface area contributed by atoms with Crippen molar-refractivity contribution in [1.29, 1.82) is 0 Å². The standard InChI is InChI=1S/C17H22N2O2/c18-6-1-2-7-19-17(20)10-14-11-21-16-9-13-5-3-4-12(13)8-15(14)16/h8-9,11H,1-7,10,18H2,(H,19,20). The van der Waals surface area contributed by atoms with E-state index in [1.807, 2.05) is 0 Å². The Bertz CT molecular complexity index is 646. The molecule has 4 nitrogen and oxygen atoms in total. The van der Waals surface area contributed by atoms with Crippen molar-refractivity contribution < 1.29 is 9.21 Å². The number of rotatable bonds is 6. The minimum atomic E-state index is 0.0511. The van der Waals surface area contributed by atoms with Crippen LogP contribution in [0.25, 0.3) is 11.0 Å². The SMILES string of the molecule is NCCCCNC(=O)Cc1coc2cc3c(cc12)CCC3. The molecule has 0 atom stereocenters. The molecule has 0 unspecified atom stereocenters. The molecule has 1 aliphatic rings. The summed E-state index contributed by atoms with van der Waals surface area (Å²) in [6, 6.07) is 4.35. The van der Waals surface area contributed by atoms with Gasteiger partial charge in [-0.15, -0.1) is 0 Å². The number of fused-ring (bicyclic) bond motifs is 2. The maximum absolute atomic E-state index is 12.0. The second-order valence-corrected chi connectivity index (χ2v) is 5.75. The topological polar surface area (TPSA) is 68.3 Å². The molecule has 1 aliphatic carbocycles. The molecule has 3 N–H and O–H groups in total. The second-order valence-electron chi connectivity index (χ2n) is 5.75. The molecule has 0 spiro atoms. The summed E-state index contributed by atoms with van der Waals surface area (Å²) < 4.78 is 5.62. The van der Waals surface area contributed by atoms with Gasteiger partial charge in [0.05, 0.1) is 12.7 Å². The Morgan fingerprint density at radius 2 is 2.05 bits per heavy atom. The number of furan rings is 1. The molecule has 1 aromatic heterocycles. The first kappa shape index (κ1) is 14.1. The van der Waals surface area contributed by atoms with Gasteiger partial charge in [0.1, 0.15) is 5.58 Å². The van der Waals surface area contributed by atoms with E-state index in [4.69, 9.17) is 10.2 Å². The smallest absolute Gasteiger partial charge is 0.224 e. The summed E-state index contributed by atoms with van der Waals surface area (Å²) in [7, 11) is 0. The lowest BCUT2D eigenvalue weighted by Crippen LogP contribution is -2.26. The first-order valence-electron chi connectivity index (χ1n) is 7.76. The number of hydrogen-bond acceptors (Lipinski definition) is 3. The van der Waals surface area contributed by atoms with Crippen molar-refractivity contribution in [1.82, 2.24) is 5.32 Å². The highest BCUT2D eigenvalue weighted by Crippen LogP contribution is 2.30. The fraction of sp³-hybridized carbons (Fsp3) is 0.471. The van der Waals surface area contributed by atoms with Crippen LogP contribution >= 0.6 is 0 Å². The van der Waals surface area contributed by atoms with Crippen LogP contribution in [0.4, 0.5) is 0 Å². The van der Waals surface area contributed by atoms with Crippen LogP contribution in [0.2, 0.25) is 0 Å². The van der Waals surface area contributed by atoms with E-state index in [-0.39, 0.29) is 5.91 Å². The quantitative estimate of drug-likeness (QED) is 0.801. The summed E-state index contributed by atoms with van der Waals surface area (Å²) >= 11 is 0. The average molecular weight is 286 g/mol. The summed E-state index contributed by atoms with van der Waals surface area (Å²) in [5.74, 6) is 0.0511. The number of carbonyl (C=O) groups is 1. The van der Waals surface area contributed by atoms with Crippen molar-refractivity contribution in [2.75, 3.05) is 13.1 Å². The van der Waals surface area contributed by atoms with Crippen LogP contribution in [-0.4, -0.2) is 19.0 Å². The lowest BCUT2D eigenvalue weighted by molar-refractivity contribution is -0.120. The van der Waals surface area contributed by atoms with Gasteiger partial charge in [0, 0.05) is 17.5 Å². The van der Waals surface area contributed by atoms with Gasteiger partial charge in [0.25, 0.3) is 0 Å². The van der Waals surface area contributed by atoms with E-state index >= 15 is 0 Å². The minimum Gasteiger partial charge on any atom is -0.464 e. The lowest BCUT2D eigenvalue weighted by Gasteiger charge is -2.04. The maximum atomic E-state index is 12.0. The fourth-order valence-electron chi connectivity index (χ4n) is 3.02. The highest BCUT2D eigenvalue weighted by molar-refractivity contribution is 5.88. The first-order chi connectivity index (χ1) is 10.3. The Morgan fingerprint density at radius 3 is 2.86 bits per heavy atom. The third-order valence-corrected chi connectivity index (χ3v) is 4.17. The number of carbonyl (C=O) groups excluding carboxylic acids is 1. The van der Waals surface area contributed by atoms with Crippen LogP contribution in [-0.2, 0) is 24.1 Å². The van der Waals surface area contributed by atoms with Gasteiger partial charge in [-0.25, -0.2) is 0 Å². The van der Waals surface area contributed by atoms with Gasteiger partial charge < -0.3 is 15.5 Å². The van der Waals surface area contributed by atoms with Crippen LogP contribution in [0, 0.1) is 0 Å². The van der Waals surface area contributed by atoms with Crippen LogP contribution in [0.15, 0.2) is 22.8 Å². The molecule has 0 saturated carbocycles. The Balaban J connectivity index is 1.68. The molecule has 1 heterocycles. The highest BCUT2D eigenvalue weighted by atomic mass is 16.3. The molecule has 0 saturated heterocycles. The number of hydrogen-bond donors (Lipinski definition) is 2. The van der Waals surface area contributed by atoms with Gasteiger partial charge in [-0.05, 0) is 61.9 Å². The number of unbranched alkanes of at least 4 members (excludes halogenated alkanes) is 1. The summed E-state index contributed by atoms with van der Waals surface area (Å²) in [4.78, 5) is 12.0. The highest BCUT2D eigenvalue weighted by Gasteiger charge is 2.16. The molecule has 1 aromatic carbocycles. The van der Waals surface area contributed by atoms with Crippen LogP contribution < -0.4 is 11.1 Å². The zero-order chi connectivity index (χ0) is 14.7. The number of amides is 1. The molecular formula is C17H22N2O2. The second kappa shape index (κ2) is 6.31. The van der Waals surface area contributed by atoms with Gasteiger partial charge in [0.15, 0.2) is 0 Å². The zero-order valence-corrected chi connectivity index (χ0v) is 12.3. The Morgan fingerprint density at radius 1 is 1.24 bits per heavy atom. The molecule has 112 valence electrons. The molecule has 3 rings (SSSR count). The van der Waals surface area contributed by atoms with Gasteiger partial charge >= 0.3 is 0 Å². The normalized spacial score (nSPS) is 13.6. The minimum absolute atomic E-state index is 0.0511. The summed E-state index contributed by atoms with van der Waals surface area (Å²) in [5, 5.41) is 4.03. The number of benzene rings is 1. The van der Waals surface area contributed by atoms with Crippen LogP contribution in [0.5, 0.6) is 0 Å². The maximum Gasteiger partial charge on any atom is 0.224 e. The molecule has 0 aliphatic heterocycles. The largest absolute Gasteiger partial charge is 0.464 e. The first-order valence-corrected chi connectivity index (χ1v) is 7.76. The van der Waals surface area contributed by atoms with E-state index in [0.29, 0.717) is 19.5 Å². The molecular weight excluding hydrogens is 264 g/mol. The van der Waals surface area contributed by atoms with Gasteiger partial charge in [0.2, 0.25) is 5.91 Å². The van der Waals surface area contributed by atoms with Gasteiger partial charge in [-0.2, -0.15) is 0 Å². The molecule has 4 heteroatoms. The predicted molar refractivity (Wildman–Crippen MR) is 83.2 cm³/mol. The van der Waals surface area contributed by atoms with Crippen molar-refractivity contribution in [3.63, 3.8) is 0 Å². The van der Waals surface area contributed by atoms with Crippen molar-refractivity contribution in [3.05, 3.63) is 35.1 Å². The number of nitrogens with two attached hydrogens (primary N) is 1. The number of nitrogens with one attached hydrogen (secondary N) is 1. The van der Waals surface area contributed by atoms with E-state index in [0.717, 1.165) is 42.2 Å². The van der Waals surface area contributed by atoms with Gasteiger partial charge in [-0.3, -0.25) is 4.79 Å². The van der Waals surface area contributed by atoms with Crippen LogP contribution in [0.3, 0.4) is 0 Å². The summed E-state index contributed by atoms with van der Waals surface area (Å²) in [6.07, 6.45) is 7.49. The molecule has 21 heavy (non-hydrogen) atoms. The van der Waals surface area contributed by atoms with Gasteiger partial charge in [-0.1, -0.05) is 0 Å². The number of aryl methyl sites for hydroxylation is 2. The third kappa shape index (κ3) is 3.10. The third-order valence-electron chi connectivity index (χ3n) is 4.17. The summed E-state index contributed by atoms with van der Waals surface area (Å²) in [6.45, 7) is 1.37. The van der Waals surface area contributed by atoms with Crippen LogP contribution in [0.1, 0.15) is 36.0 Å². The molecule has 0 fully saturated rings. The monoisotopic (exact) mass is 286 g/mol. The van der Waals surface area contributed by atoms with Crippen molar-refractivity contribution >= 4 is 16.9 Å². The fourth-order valence-corrected chi connectivity index (χ4v) is 3.02. The van der Waals surface area contributed by atoms with E-state index in [9.17, 15) is 4.79 Å². The zero-order valence-electron chi connectivity index (χ0n) is 12.3. The lowest BCUT2D eigenvalue weighted by atomic mass is 10.0. The van der Waals surface area contributed by atoms with E-state index in [1.165, 1.54) is 17.5 Å². The Labute approximate surface area is 124 Å². The van der Waals surface area contributed by atoms with Crippen molar-refractivity contribution in [2.24, 2.45) is 5.73 Å². The Hall–Kier alpha value is -1.81. The van der Waals surface area contributed by atoms with E-state index in [2.05, 4.69) is 17.4 Å². The molecule has 0 bridgehead atoms. The van der Waals surface area contributed by atoms with Crippen molar-refractivity contribution in [3.8, 4) is 0 Å². The molecule has 1 amide bonds. The Kier molecular flexibility index (Phi) is 4.25. The van der Waals surface area contributed by atoms with E-state index < -0.39 is 0 Å². The van der Waals surface area contributed by atoms with E-state index in [1.54, 1.807) is 6.26 Å². The van der Waals surface area contributed by atoms with Crippen molar-refractivity contribution in [2.45, 2.75) is 38.5 Å². The summed E-state index contributed by atoms with van der Waals surface area (Å²) in [5.41, 5.74) is 10.1. The average Bonchev–Trinajstić information content (AvgIpc) is 3.08. The molecule has 2 aromatic rings. The predicted octanol–water partition coefficient (Wildman–Crippen LogP) is 2.32. The molecule has 0 radical (unpaired) electrons.